The van der Waals surface area contributed by atoms with Crippen molar-refractivity contribution >= 4 is 21.6 Å². The van der Waals surface area contributed by atoms with Crippen molar-refractivity contribution in [1.82, 2.24) is 5.32 Å². The van der Waals surface area contributed by atoms with E-state index in [4.69, 9.17) is 0 Å². The first-order valence-corrected chi connectivity index (χ1v) is 11.3. The van der Waals surface area contributed by atoms with Gasteiger partial charge in [-0.05, 0) is 55.7 Å². The van der Waals surface area contributed by atoms with E-state index < -0.39 is 10.0 Å². The highest BCUT2D eigenvalue weighted by atomic mass is 32.2. The number of hydrogen-bond acceptors (Lipinski definition) is 3. The van der Waals surface area contributed by atoms with Crippen LogP contribution in [0.15, 0.2) is 77.7 Å². The Morgan fingerprint density at radius 3 is 1.90 bits per heavy atom. The van der Waals surface area contributed by atoms with E-state index in [1.165, 1.54) is 5.56 Å². The third-order valence-electron chi connectivity index (χ3n) is 4.79. The van der Waals surface area contributed by atoms with Crippen LogP contribution in [0, 0.1) is 13.8 Å². The van der Waals surface area contributed by atoms with Gasteiger partial charge in [0, 0.05) is 18.7 Å². The van der Waals surface area contributed by atoms with Crippen LogP contribution in [0.2, 0.25) is 0 Å². The second-order valence-corrected chi connectivity index (χ2v) is 9.06. The molecule has 2 N–H and O–H groups in total. The molecule has 0 saturated carbocycles. The lowest BCUT2D eigenvalue weighted by Gasteiger charge is -2.09. The average Bonchev–Trinajstić information content (AvgIpc) is 2.73. The molecule has 0 aromatic heterocycles. The molecule has 0 bridgehead atoms. The number of sulfonamides is 1. The van der Waals surface area contributed by atoms with Crippen molar-refractivity contribution in [2.75, 3.05) is 4.72 Å². The van der Waals surface area contributed by atoms with Crippen LogP contribution < -0.4 is 10.0 Å². The smallest absolute Gasteiger partial charge is 0.261 e. The number of rotatable bonds is 8. The topological polar surface area (TPSA) is 75.3 Å². The standard InChI is InChI=1S/C24H26N2O3S/c1-18-3-7-21(8-4-18)17-25-24(27)16-11-20-9-14-23(15-10-20)30(28,29)26-22-12-5-19(2)6-13-22/h3-10,12-15,26H,11,16-17H2,1-2H3,(H,25,27). The van der Waals surface area contributed by atoms with Gasteiger partial charge in [-0.1, -0.05) is 59.7 Å². The molecule has 0 aliphatic heterocycles. The van der Waals surface area contributed by atoms with E-state index in [2.05, 4.69) is 10.0 Å². The molecule has 3 aromatic rings. The van der Waals surface area contributed by atoms with Crippen molar-refractivity contribution in [1.29, 1.82) is 0 Å². The van der Waals surface area contributed by atoms with Gasteiger partial charge in [-0.15, -0.1) is 0 Å². The van der Waals surface area contributed by atoms with Gasteiger partial charge in [-0.25, -0.2) is 8.42 Å². The minimum absolute atomic E-state index is 0.0340. The average molecular weight is 423 g/mol. The molecule has 0 spiro atoms. The Morgan fingerprint density at radius 2 is 1.30 bits per heavy atom. The predicted molar refractivity (Wildman–Crippen MR) is 120 cm³/mol. The third kappa shape index (κ3) is 6.19. The maximum Gasteiger partial charge on any atom is 0.261 e. The van der Waals surface area contributed by atoms with Crippen LogP contribution >= 0.6 is 0 Å². The van der Waals surface area contributed by atoms with Gasteiger partial charge in [0.25, 0.3) is 10.0 Å². The first kappa shape index (κ1) is 21.6. The SMILES string of the molecule is Cc1ccc(CNC(=O)CCc2ccc(S(=O)(=O)Nc3ccc(C)cc3)cc2)cc1. The van der Waals surface area contributed by atoms with Crippen LogP contribution in [0.1, 0.15) is 28.7 Å². The molecule has 0 unspecified atom stereocenters. The maximum absolute atomic E-state index is 12.5. The number of carbonyl (C=O) groups excluding carboxylic acids is 1. The molecule has 0 atom stereocenters. The summed E-state index contributed by atoms with van der Waals surface area (Å²) in [7, 11) is -3.65. The van der Waals surface area contributed by atoms with E-state index in [-0.39, 0.29) is 10.8 Å². The minimum Gasteiger partial charge on any atom is -0.352 e. The van der Waals surface area contributed by atoms with E-state index in [0.717, 1.165) is 16.7 Å². The summed E-state index contributed by atoms with van der Waals surface area (Å²) in [5, 5.41) is 2.91. The van der Waals surface area contributed by atoms with Gasteiger partial charge in [0.2, 0.25) is 5.91 Å². The summed E-state index contributed by atoms with van der Waals surface area (Å²) in [6, 6.07) is 21.8. The third-order valence-corrected chi connectivity index (χ3v) is 6.19. The Hall–Kier alpha value is -3.12. The highest BCUT2D eigenvalue weighted by Gasteiger charge is 2.14. The predicted octanol–water partition coefficient (Wildman–Crippen LogP) is 4.35. The molecule has 30 heavy (non-hydrogen) atoms. The summed E-state index contributed by atoms with van der Waals surface area (Å²) in [6.45, 7) is 4.47. The molecule has 0 heterocycles. The fourth-order valence-corrected chi connectivity index (χ4v) is 3.98. The molecule has 156 valence electrons. The molecule has 0 fully saturated rings. The van der Waals surface area contributed by atoms with E-state index in [1.807, 2.05) is 50.2 Å². The monoisotopic (exact) mass is 422 g/mol. The van der Waals surface area contributed by atoms with Crippen LogP contribution in [0.4, 0.5) is 5.69 Å². The summed E-state index contributed by atoms with van der Waals surface area (Å²) >= 11 is 0. The van der Waals surface area contributed by atoms with Crippen molar-refractivity contribution in [3.8, 4) is 0 Å². The van der Waals surface area contributed by atoms with Crippen molar-refractivity contribution in [2.24, 2.45) is 0 Å². The van der Waals surface area contributed by atoms with Crippen molar-refractivity contribution in [3.63, 3.8) is 0 Å². The second kappa shape index (κ2) is 9.59. The minimum atomic E-state index is -3.65. The van der Waals surface area contributed by atoms with Gasteiger partial charge in [-0.2, -0.15) is 0 Å². The first-order chi connectivity index (χ1) is 14.3. The van der Waals surface area contributed by atoms with Crippen molar-refractivity contribution in [3.05, 3.63) is 95.1 Å². The molecule has 0 saturated heterocycles. The fourth-order valence-electron chi connectivity index (χ4n) is 2.92. The highest BCUT2D eigenvalue weighted by molar-refractivity contribution is 7.92. The zero-order valence-corrected chi connectivity index (χ0v) is 18.0. The molecule has 3 rings (SSSR count). The molecular formula is C24H26N2O3S. The quantitative estimate of drug-likeness (QED) is 0.567. The van der Waals surface area contributed by atoms with Crippen LogP contribution in [-0.2, 0) is 27.8 Å². The Bertz CT molecular complexity index is 1090. The zero-order valence-electron chi connectivity index (χ0n) is 17.2. The van der Waals surface area contributed by atoms with Gasteiger partial charge >= 0.3 is 0 Å². The summed E-state index contributed by atoms with van der Waals surface area (Å²) in [5.41, 5.74) is 4.74. The lowest BCUT2D eigenvalue weighted by Crippen LogP contribution is -2.23. The fraction of sp³-hybridized carbons (Fsp3) is 0.208. The number of amides is 1. The van der Waals surface area contributed by atoms with Crippen LogP contribution in [-0.4, -0.2) is 14.3 Å². The van der Waals surface area contributed by atoms with Crippen molar-refractivity contribution in [2.45, 2.75) is 38.1 Å². The first-order valence-electron chi connectivity index (χ1n) is 9.82. The van der Waals surface area contributed by atoms with E-state index in [9.17, 15) is 13.2 Å². The van der Waals surface area contributed by atoms with E-state index in [1.54, 1.807) is 36.4 Å². The van der Waals surface area contributed by atoms with Gasteiger partial charge in [-0.3, -0.25) is 9.52 Å². The number of aryl methyl sites for hydroxylation is 3. The van der Waals surface area contributed by atoms with Gasteiger partial charge in [0.05, 0.1) is 4.90 Å². The van der Waals surface area contributed by atoms with Crippen molar-refractivity contribution < 1.29 is 13.2 Å². The molecule has 1 amide bonds. The lowest BCUT2D eigenvalue weighted by atomic mass is 10.1. The zero-order chi connectivity index (χ0) is 21.6. The maximum atomic E-state index is 12.5. The van der Waals surface area contributed by atoms with Gasteiger partial charge in [0.15, 0.2) is 0 Å². The number of nitrogens with one attached hydrogen (secondary N) is 2. The van der Waals surface area contributed by atoms with Crippen LogP contribution in [0.5, 0.6) is 0 Å². The second-order valence-electron chi connectivity index (χ2n) is 7.38. The van der Waals surface area contributed by atoms with E-state index in [0.29, 0.717) is 25.1 Å². The number of carbonyl (C=O) groups is 1. The summed E-state index contributed by atoms with van der Waals surface area (Å²) in [5.74, 6) is -0.0340. The van der Waals surface area contributed by atoms with Gasteiger partial charge < -0.3 is 5.32 Å². The summed E-state index contributed by atoms with van der Waals surface area (Å²) in [4.78, 5) is 12.3. The summed E-state index contributed by atoms with van der Waals surface area (Å²) < 4.78 is 27.6. The molecular weight excluding hydrogens is 396 g/mol. The number of benzene rings is 3. The molecule has 3 aromatic carbocycles. The van der Waals surface area contributed by atoms with E-state index >= 15 is 0 Å². The van der Waals surface area contributed by atoms with Crippen LogP contribution in [0.25, 0.3) is 0 Å². The Kier molecular flexibility index (Phi) is 6.90. The molecule has 6 heteroatoms. The highest BCUT2D eigenvalue weighted by Crippen LogP contribution is 2.17. The molecule has 0 radical (unpaired) electrons. The Labute approximate surface area is 178 Å². The normalized spacial score (nSPS) is 11.1. The van der Waals surface area contributed by atoms with Crippen LogP contribution in [0.3, 0.4) is 0 Å². The Morgan fingerprint density at radius 1 is 0.767 bits per heavy atom. The molecule has 0 aliphatic carbocycles. The molecule has 0 aliphatic rings. The Balaban J connectivity index is 1.51. The number of anilines is 1. The summed E-state index contributed by atoms with van der Waals surface area (Å²) in [6.07, 6.45) is 0.894. The molecule has 5 nitrogen and oxygen atoms in total. The lowest BCUT2D eigenvalue weighted by molar-refractivity contribution is -0.121. The van der Waals surface area contributed by atoms with Gasteiger partial charge in [0.1, 0.15) is 0 Å². The number of hydrogen-bond donors (Lipinski definition) is 2. The largest absolute Gasteiger partial charge is 0.352 e.